The van der Waals surface area contributed by atoms with Gasteiger partial charge in [-0.25, -0.2) is 0 Å². The third kappa shape index (κ3) is 4.10. The van der Waals surface area contributed by atoms with E-state index in [4.69, 9.17) is 5.73 Å². The van der Waals surface area contributed by atoms with E-state index in [9.17, 15) is 0 Å². The molecule has 1 aliphatic heterocycles. The van der Waals surface area contributed by atoms with Crippen LogP contribution in [0.25, 0.3) is 0 Å². The third-order valence-corrected chi connectivity index (χ3v) is 3.13. The predicted molar refractivity (Wildman–Crippen MR) is 57.7 cm³/mol. The van der Waals surface area contributed by atoms with Gasteiger partial charge in [-0.1, -0.05) is 19.8 Å². The highest BCUT2D eigenvalue weighted by Crippen LogP contribution is 2.19. The summed E-state index contributed by atoms with van der Waals surface area (Å²) in [4.78, 5) is 2.62. The van der Waals surface area contributed by atoms with Crippen molar-refractivity contribution in [1.29, 1.82) is 0 Å². The van der Waals surface area contributed by atoms with Gasteiger partial charge in [0.25, 0.3) is 0 Å². The van der Waals surface area contributed by atoms with E-state index in [0.29, 0.717) is 0 Å². The number of rotatable bonds is 6. The van der Waals surface area contributed by atoms with Crippen molar-refractivity contribution in [3.63, 3.8) is 0 Å². The van der Waals surface area contributed by atoms with E-state index in [2.05, 4.69) is 11.8 Å². The molecule has 1 saturated heterocycles. The van der Waals surface area contributed by atoms with Gasteiger partial charge >= 0.3 is 0 Å². The lowest BCUT2D eigenvalue weighted by Gasteiger charge is -2.14. The van der Waals surface area contributed by atoms with E-state index in [1.54, 1.807) is 0 Å². The molecule has 2 N–H and O–H groups in total. The Bertz CT molecular complexity index is 125. The first-order valence-corrected chi connectivity index (χ1v) is 5.79. The molecule has 0 aromatic carbocycles. The van der Waals surface area contributed by atoms with Crippen LogP contribution >= 0.6 is 0 Å². The largest absolute Gasteiger partial charge is 0.330 e. The molecule has 0 saturated carbocycles. The number of hydrogen-bond donors (Lipinski definition) is 1. The summed E-state index contributed by atoms with van der Waals surface area (Å²) in [5.41, 5.74) is 5.45. The number of hydrogen-bond acceptors (Lipinski definition) is 2. The van der Waals surface area contributed by atoms with E-state index in [1.165, 1.54) is 51.7 Å². The molecule has 1 fully saturated rings. The van der Waals surface area contributed by atoms with Crippen molar-refractivity contribution in [2.24, 2.45) is 11.7 Å². The molecule has 0 aromatic heterocycles. The molecule has 2 heteroatoms. The zero-order valence-corrected chi connectivity index (χ0v) is 8.97. The molecule has 0 aliphatic carbocycles. The predicted octanol–water partition coefficient (Wildman–Crippen LogP) is 1.85. The highest BCUT2D eigenvalue weighted by atomic mass is 15.1. The van der Waals surface area contributed by atoms with Gasteiger partial charge in [0.1, 0.15) is 0 Å². The first-order chi connectivity index (χ1) is 6.36. The molecule has 0 spiro atoms. The molecule has 13 heavy (non-hydrogen) atoms. The Morgan fingerprint density at radius 1 is 1.31 bits per heavy atom. The first-order valence-electron chi connectivity index (χ1n) is 5.79. The van der Waals surface area contributed by atoms with E-state index < -0.39 is 0 Å². The summed E-state index contributed by atoms with van der Waals surface area (Å²) in [7, 11) is 0. The van der Waals surface area contributed by atoms with Crippen LogP contribution in [0.15, 0.2) is 0 Å². The van der Waals surface area contributed by atoms with Gasteiger partial charge in [-0.3, -0.25) is 0 Å². The summed E-state index contributed by atoms with van der Waals surface area (Å²) in [6, 6.07) is 0. The number of nitrogens with two attached hydrogens (primary N) is 1. The maximum atomic E-state index is 5.45. The van der Waals surface area contributed by atoms with Crippen molar-refractivity contribution >= 4 is 0 Å². The van der Waals surface area contributed by atoms with Gasteiger partial charge in [0.2, 0.25) is 0 Å². The zero-order valence-electron chi connectivity index (χ0n) is 8.97. The summed E-state index contributed by atoms with van der Waals surface area (Å²) < 4.78 is 0. The van der Waals surface area contributed by atoms with Crippen molar-refractivity contribution in [2.45, 2.75) is 39.0 Å². The summed E-state index contributed by atoms with van der Waals surface area (Å²) in [5, 5.41) is 0. The number of unbranched alkanes of at least 4 members (excludes halogenated alkanes) is 2. The Labute approximate surface area is 82.5 Å². The third-order valence-electron chi connectivity index (χ3n) is 3.13. The van der Waals surface area contributed by atoms with Crippen molar-refractivity contribution in [3.05, 3.63) is 0 Å². The van der Waals surface area contributed by atoms with Crippen LogP contribution in [0.5, 0.6) is 0 Å². The van der Waals surface area contributed by atoms with Crippen LogP contribution in [0, 0.1) is 5.92 Å². The van der Waals surface area contributed by atoms with E-state index >= 15 is 0 Å². The Hall–Kier alpha value is -0.0800. The van der Waals surface area contributed by atoms with E-state index in [-0.39, 0.29) is 0 Å². The molecule has 2 nitrogen and oxygen atoms in total. The lowest BCUT2D eigenvalue weighted by molar-refractivity contribution is 0.314. The molecule has 1 unspecified atom stereocenters. The summed E-state index contributed by atoms with van der Waals surface area (Å²) in [5.74, 6) is 0.981. The lowest BCUT2D eigenvalue weighted by Crippen LogP contribution is -2.21. The SMILES string of the molecule is CCC1CCN(CCCCCN)C1. The first kappa shape index (κ1) is 11.0. The van der Waals surface area contributed by atoms with Crippen LogP contribution in [0.2, 0.25) is 0 Å². The van der Waals surface area contributed by atoms with Crippen LogP contribution in [-0.2, 0) is 0 Å². The average molecular weight is 184 g/mol. The molecule has 1 atom stereocenters. The second-order valence-electron chi connectivity index (χ2n) is 4.21. The maximum absolute atomic E-state index is 5.45. The van der Waals surface area contributed by atoms with Crippen molar-refractivity contribution < 1.29 is 0 Å². The molecule has 0 aromatic rings. The average Bonchev–Trinajstić information content (AvgIpc) is 2.60. The lowest BCUT2D eigenvalue weighted by atomic mass is 10.1. The fourth-order valence-electron chi connectivity index (χ4n) is 2.11. The molecule has 1 aliphatic rings. The molecule has 1 heterocycles. The fourth-order valence-corrected chi connectivity index (χ4v) is 2.11. The van der Waals surface area contributed by atoms with Crippen molar-refractivity contribution in [3.8, 4) is 0 Å². The number of likely N-dealkylation sites (tertiary alicyclic amines) is 1. The van der Waals surface area contributed by atoms with Gasteiger partial charge in [0.15, 0.2) is 0 Å². The van der Waals surface area contributed by atoms with Crippen molar-refractivity contribution in [1.82, 2.24) is 4.90 Å². The Morgan fingerprint density at radius 3 is 2.77 bits per heavy atom. The van der Waals surface area contributed by atoms with Crippen LogP contribution in [0.1, 0.15) is 39.0 Å². The standard InChI is InChI=1S/C11H24N2/c1-2-11-6-9-13(10-11)8-5-3-4-7-12/h11H,2-10,12H2,1H3. The minimum atomic E-state index is 0.859. The minimum absolute atomic E-state index is 0.859. The fraction of sp³-hybridized carbons (Fsp3) is 1.00. The molecule has 0 bridgehead atoms. The van der Waals surface area contributed by atoms with Crippen LogP contribution in [0.4, 0.5) is 0 Å². The summed E-state index contributed by atoms with van der Waals surface area (Å²) >= 11 is 0. The van der Waals surface area contributed by atoms with Crippen molar-refractivity contribution in [2.75, 3.05) is 26.2 Å². The Balaban J connectivity index is 1.97. The summed E-state index contributed by atoms with van der Waals surface area (Å²) in [6.07, 6.45) is 6.63. The molecule has 0 amide bonds. The smallest absolute Gasteiger partial charge is 0.00100 e. The highest BCUT2D eigenvalue weighted by molar-refractivity contribution is 4.74. The van der Waals surface area contributed by atoms with E-state index in [0.717, 1.165) is 12.5 Å². The minimum Gasteiger partial charge on any atom is -0.330 e. The molecule has 78 valence electrons. The van der Waals surface area contributed by atoms with Gasteiger partial charge in [-0.05, 0) is 44.8 Å². The number of nitrogens with zero attached hydrogens (tertiary/aromatic N) is 1. The normalized spacial score (nSPS) is 24.0. The summed E-state index contributed by atoms with van der Waals surface area (Å²) in [6.45, 7) is 7.15. The van der Waals surface area contributed by atoms with Crippen LogP contribution < -0.4 is 5.73 Å². The highest BCUT2D eigenvalue weighted by Gasteiger charge is 2.19. The molecule has 0 radical (unpaired) electrons. The van der Waals surface area contributed by atoms with Crippen LogP contribution in [0.3, 0.4) is 0 Å². The monoisotopic (exact) mass is 184 g/mol. The second-order valence-corrected chi connectivity index (χ2v) is 4.21. The molecular weight excluding hydrogens is 160 g/mol. The van der Waals surface area contributed by atoms with Gasteiger partial charge < -0.3 is 10.6 Å². The molecule has 1 rings (SSSR count). The van der Waals surface area contributed by atoms with Crippen LogP contribution in [-0.4, -0.2) is 31.1 Å². The second kappa shape index (κ2) is 6.39. The molecular formula is C11H24N2. The maximum Gasteiger partial charge on any atom is 0.00100 e. The van der Waals surface area contributed by atoms with E-state index in [1.807, 2.05) is 0 Å². The van der Waals surface area contributed by atoms with Gasteiger partial charge in [-0.15, -0.1) is 0 Å². The Morgan fingerprint density at radius 2 is 2.15 bits per heavy atom. The van der Waals surface area contributed by atoms with Gasteiger partial charge in [0.05, 0.1) is 0 Å². The van der Waals surface area contributed by atoms with Gasteiger partial charge in [0, 0.05) is 6.54 Å². The van der Waals surface area contributed by atoms with Gasteiger partial charge in [-0.2, -0.15) is 0 Å². The Kier molecular flexibility index (Phi) is 5.40. The quantitative estimate of drug-likeness (QED) is 0.638. The topological polar surface area (TPSA) is 29.3 Å². The zero-order chi connectivity index (χ0) is 9.52.